The molecular weight excluding hydrogens is 335 g/mol. The van der Waals surface area contributed by atoms with Crippen molar-refractivity contribution in [2.75, 3.05) is 26.8 Å². The first-order valence-corrected chi connectivity index (χ1v) is 8.88. The van der Waals surface area contributed by atoms with Gasteiger partial charge >= 0.3 is 0 Å². The lowest BCUT2D eigenvalue weighted by Crippen LogP contribution is -2.30. The Morgan fingerprint density at radius 3 is 2.71 bits per heavy atom. The summed E-state index contributed by atoms with van der Waals surface area (Å²) in [6.45, 7) is 2.08. The summed E-state index contributed by atoms with van der Waals surface area (Å²) < 4.78 is 32.6. The maximum Gasteiger partial charge on any atom is 0.242 e. The number of nitrogens with one attached hydrogen (secondary N) is 2. The number of halogens is 2. The molecule has 1 saturated heterocycles. The Labute approximate surface area is 135 Å². The van der Waals surface area contributed by atoms with Crippen LogP contribution in [0, 0.1) is 5.92 Å². The van der Waals surface area contributed by atoms with E-state index in [0.717, 1.165) is 6.42 Å². The van der Waals surface area contributed by atoms with E-state index in [0.29, 0.717) is 36.9 Å². The third kappa shape index (κ3) is 4.31. The van der Waals surface area contributed by atoms with Crippen LogP contribution >= 0.6 is 23.2 Å². The molecule has 21 heavy (non-hydrogen) atoms. The zero-order valence-corrected chi connectivity index (χ0v) is 14.0. The molecule has 1 aliphatic heterocycles. The summed E-state index contributed by atoms with van der Waals surface area (Å²) in [7, 11) is -1.90. The van der Waals surface area contributed by atoms with Crippen molar-refractivity contribution in [1.29, 1.82) is 0 Å². The molecule has 1 fully saturated rings. The summed E-state index contributed by atoms with van der Waals surface area (Å²) >= 11 is 12.1. The molecule has 1 unspecified atom stereocenters. The van der Waals surface area contributed by atoms with Crippen LogP contribution in [0.3, 0.4) is 0 Å². The molecule has 1 aromatic rings. The molecule has 1 heterocycles. The van der Waals surface area contributed by atoms with Gasteiger partial charge in [0, 0.05) is 24.7 Å². The van der Waals surface area contributed by atoms with Crippen molar-refractivity contribution in [3.05, 3.63) is 27.7 Å². The van der Waals surface area contributed by atoms with Crippen LogP contribution in [0.2, 0.25) is 10.0 Å². The molecule has 0 radical (unpaired) electrons. The highest BCUT2D eigenvalue weighted by molar-refractivity contribution is 7.89. The average Bonchev–Trinajstić information content (AvgIpc) is 2.93. The normalized spacial score (nSPS) is 19.1. The van der Waals surface area contributed by atoms with Gasteiger partial charge in [-0.3, -0.25) is 0 Å². The largest absolute Gasteiger partial charge is 0.381 e. The summed E-state index contributed by atoms with van der Waals surface area (Å²) in [6, 6.07) is 2.97. The molecule has 1 aromatic carbocycles. The van der Waals surface area contributed by atoms with Crippen molar-refractivity contribution in [1.82, 2.24) is 10.0 Å². The number of sulfonamides is 1. The zero-order chi connectivity index (χ0) is 15.5. The smallest absolute Gasteiger partial charge is 0.242 e. The lowest BCUT2D eigenvalue weighted by atomic mass is 10.1. The molecule has 2 N–H and O–H groups in total. The maximum atomic E-state index is 12.4. The summed E-state index contributed by atoms with van der Waals surface area (Å²) in [4.78, 5) is 0.0535. The van der Waals surface area contributed by atoms with Gasteiger partial charge in [-0.15, -0.1) is 0 Å². The van der Waals surface area contributed by atoms with Gasteiger partial charge in [0.1, 0.15) is 4.90 Å². The Kier molecular flexibility index (Phi) is 5.88. The topological polar surface area (TPSA) is 67.4 Å². The second kappa shape index (κ2) is 7.26. The van der Waals surface area contributed by atoms with E-state index in [1.54, 1.807) is 7.05 Å². The Balaban J connectivity index is 2.19. The Morgan fingerprint density at radius 1 is 1.33 bits per heavy atom. The van der Waals surface area contributed by atoms with E-state index in [4.69, 9.17) is 27.9 Å². The van der Waals surface area contributed by atoms with Gasteiger partial charge in [-0.05, 0) is 37.1 Å². The molecule has 118 valence electrons. The average molecular weight is 353 g/mol. The van der Waals surface area contributed by atoms with Crippen LogP contribution in [0.15, 0.2) is 17.0 Å². The van der Waals surface area contributed by atoms with Crippen molar-refractivity contribution in [2.45, 2.75) is 17.9 Å². The van der Waals surface area contributed by atoms with Crippen LogP contribution in [-0.4, -0.2) is 35.2 Å². The van der Waals surface area contributed by atoms with E-state index in [1.165, 1.54) is 12.1 Å². The fraction of sp³-hybridized carbons (Fsp3) is 0.538. The lowest BCUT2D eigenvalue weighted by Gasteiger charge is -2.13. The SMILES string of the molecule is CNCc1cc(S(=O)(=O)NCC2CCOC2)c(Cl)cc1Cl. The highest BCUT2D eigenvalue weighted by Crippen LogP contribution is 2.28. The van der Waals surface area contributed by atoms with Gasteiger partial charge in [0.05, 0.1) is 11.6 Å². The number of benzene rings is 1. The molecule has 1 atom stereocenters. The van der Waals surface area contributed by atoms with Gasteiger partial charge in [-0.25, -0.2) is 13.1 Å². The number of rotatable bonds is 6. The molecule has 0 bridgehead atoms. The summed E-state index contributed by atoms with van der Waals surface area (Å²) in [5.74, 6) is 0.211. The molecule has 8 heteroatoms. The van der Waals surface area contributed by atoms with Crippen LogP contribution in [0.1, 0.15) is 12.0 Å². The quantitative estimate of drug-likeness (QED) is 0.821. The second-order valence-corrected chi connectivity index (χ2v) is 7.54. The van der Waals surface area contributed by atoms with E-state index in [1.807, 2.05) is 0 Å². The van der Waals surface area contributed by atoms with E-state index in [9.17, 15) is 8.42 Å². The predicted octanol–water partition coefficient (Wildman–Crippen LogP) is 2.03. The first-order valence-electron chi connectivity index (χ1n) is 6.64. The fourth-order valence-electron chi connectivity index (χ4n) is 2.15. The Morgan fingerprint density at radius 2 is 2.10 bits per heavy atom. The molecule has 0 aromatic heterocycles. The van der Waals surface area contributed by atoms with Crippen LogP contribution in [0.4, 0.5) is 0 Å². The third-order valence-electron chi connectivity index (χ3n) is 3.34. The van der Waals surface area contributed by atoms with Crippen LogP contribution in [0.5, 0.6) is 0 Å². The van der Waals surface area contributed by atoms with Gasteiger partial charge in [0.25, 0.3) is 0 Å². The van der Waals surface area contributed by atoms with E-state index >= 15 is 0 Å². The van der Waals surface area contributed by atoms with Crippen molar-refractivity contribution >= 4 is 33.2 Å². The van der Waals surface area contributed by atoms with E-state index in [-0.39, 0.29) is 15.8 Å². The molecule has 0 amide bonds. The molecule has 5 nitrogen and oxygen atoms in total. The maximum absolute atomic E-state index is 12.4. The minimum atomic E-state index is -3.66. The van der Waals surface area contributed by atoms with Gasteiger partial charge in [-0.2, -0.15) is 0 Å². The molecule has 1 aliphatic rings. The first kappa shape index (κ1) is 17.0. The van der Waals surface area contributed by atoms with Crippen molar-refractivity contribution in [3.63, 3.8) is 0 Å². The molecule has 0 aliphatic carbocycles. The minimum Gasteiger partial charge on any atom is -0.381 e. The Hall–Kier alpha value is -0.370. The summed E-state index contributed by atoms with van der Waals surface area (Å²) in [6.07, 6.45) is 0.863. The second-order valence-electron chi connectivity index (χ2n) is 4.99. The number of hydrogen-bond donors (Lipinski definition) is 2. The zero-order valence-electron chi connectivity index (χ0n) is 11.7. The Bertz CT molecular complexity index is 602. The molecular formula is C13H18Cl2N2O3S. The molecule has 0 spiro atoms. The minimum absolute atomic E-state index is 0.0535. The van der Waals surface area contributed by atoms with E-state index < -0.39 is 10.0 Å². The lowest BCUT2D eigenvalue weighted by molar-refractivity contribution is 0.186. The molecule has 0 saturated carbocycles. The fourth-order valence-corrected chi connectivity index (χ4v) is 4.13. The van der Waals surface area contributed by atoms with E-state index in [2.05, 4.69) is 10.0 Å². The first-order chi connectivity index (χ1) is 9.94. The third-order valence-corrected chi connectivity index (χ3v) is 5.58. The van der Waals surface area contributed by atoms with Crippen LogP contribution in [-0.2, 0) is 21.3 Å². The van der Waals surface area contributed by atoms with Crippen molar-refractivity contribution < 1.29 is 13.2 Å². The van der Waals surface area contributed by atoms with Gasteiger partial charge in [-0.1, -0.05) is 23.2 Å². The number of hydrogen-bond acceptors (Lipinski definition) is 4. The summed E-state index contributed by atoms with van der Waals surface area (Å²) in [5, 5.41) is 3.50. The highest BCUT2D eigenvalue weighted by Gasteiger charge is 2.23. The van der Waals surface area contributed by atoms with Crippen molar-refractivity contribution in [2.24, 2.45) is 5.92 Å². The van der Waals surface area contributed by atoms with Crippen LogP contribution < -0.4 is 10.0 Å². The van der Waals surface area contributed by atoms with Gasteiger partial charge in [0.2, 0.25) is 10.0 Å². The molecule has 2 rings (SSSR count). The summed E-state index contributed by atoms with van der Waals surface area (Å²) in [5.41, 5.74) is 0.688. The number of ether oxygens (including phenoxy) is 1. The predicted molar refractivity (Wildman–Crippen MR) is 83.3 cm³/mol. The van der Waals surface area contributed by atoms with Crippen molar-refractivity contribution in [3.8, 4) is 0 Å². The standard InChI is InChI=1S/C13H18Cl2N2O3S/c1-16-7-10-4-13(12(15)5-11(10)14)21(18,19)17-6-9-2-3-20-8-9/h4-5,9,16-17H,2-3,6-8H2,1H3. The van der Waals surface area contributed by atoms with Gasteiger partial charge in [0.15, 0.2) is 0 Å². The highest BCUT2D eigenvalue weighted by atomic mass is 35.5. The monoisotopic (exact) mass is 352 g/mol. The van der Waals surface area contributed by atoms with Gasteiger partial charge < -0.3 is 10.1 Å². The van der Waals surface area contributed by atoms with Crippen LogP contribution in [0.25, 0.3) is 0 Å².